The molecule has 2 aromatic carbocycles. The molecule has 0 fully saturated rings. The number of nitrogens with zero attached hydrogens (tertiary/aromatic N) is 2. The SMILES string of the molecule is NC(=O)C(OC(=O)c1ccc2c(c1)SC1=NS(=O)(=O)CCN12)c1ccccc1. The highest BCUT2D eigenvalue weighted by molar-refractivity contribution is 8.15. The molecule has 1 atom stereocenters. The van der Waals surface area contributed by atoms with E-state index in [0.717, 1.165) is 5.69 Å². The van der Waals surface area contributed by atoms with E-state index in [9.17, 15) is 18.0 Å². The smallest absolute Gasteiger partial charge is 0.339 e. The van der Waals surface area contributed by atoms with E-state index in [4.69, 9.17) is 10.5 Å². The molecular weight excluding hydrogens is 402 g/mol. The number of rotatable bonds is 4. The van der Waals surface area contributed by atoms with Crippen LogP contribution in [-0.2, 0) is 19.6 Å². The molecule has 4 rings (SSSR count). The number of benzene rings is 2. The molecular formula is C18H15N3O5S2. The van der Waals surface area contributed by atoms with Crippen LogP contribution in [0.3, 0.4) is 0 Å². The quantitative estimate of drug-likeness (QED) is 0.752. The predicted molar refractivity (Wildman–Crippen MR) is 105 cm³/mol. The second-order valence-electron chi connectivity index (χ2n) is 6.19. The van der Waals surface area contributed by atoms with Crippen LogP contribution in [-0.4, -0.2) is 37.8 Å². The van der Waals surface area contributed by atoms with Gasteiger partial charge < -0.3 is 15.4 Å². The van der Waals surface area contributed by atoms with E-state index in [1.54, 1.807) is 53.4 Å². The summed E-state index contributed by atoms with van der Waals surface area (Å²) in [4.78, 5) is 26.8. The fourth-order valence-electron chi connectivity index (χ4n) is 2.95. The number of anilines is 1. The Bertz CT molecular complexity index is 1100. The molecule has 2 aromatic rings. The van der Waals surface area contributed by atoms with Gasteiger partial charge in [-0.1, -0.05) is 30.3 Å². The third kappa shape index (κ3) is 3.48. The summed E-state index contributed by atoms with van der Waals surface area (Å²) in [6.45, 7) is 0.308. The average molecular weight is 417 g/mol. The molecule has 2 aliphatic rings. The summed E-state index contributed by atoms with van der Waals surface area (Å²) in [7, 11) is -3.45. The number of nitrogens with two attached hydrogens (primary N) is 1. The fourth-order valence-corrected chi connectivity index (χ4v) is 5.25. The van der Waals surface area contributed by atoms with Crippen LogP contribution in [0.1, 0.15) is 22.0 Å². The zero-order chi connectivity index (χ0) is 19.9. The molecule has 0 bridgehead atoms. The van der Waals surface area contributed by atoms with E-state index in [1.165, 1.54) is 11.8 Å². The van der Waals surface area contributed by atoms with Gasteiger partial charge in [0.05, 0.1) is 17.0 Å². The summed E-state index contributed by atoms with van der Waals surface area (Å²) >= 11 is 1.17. The number of primary amides is 1. The van der Waals surface area contributed by atoms with Gasteiger partial charge in [-0.2, -0.15) is 0 Å². The summed E-state index contributed by atoms with van der Waals surface area (Å²) in [6.07, 6.45) is -1.20. The molecule has 2 aliphatic heterocycles. The minimum absolute atomic E-state index is 0.0579. The minimum atomic E-state index is -3.45. The highest BCUT2D eigenvalue weighted by Crippen LogP contribution is 2.42. The molecule has 0 saturated carbocycles. The Labute approximate surface area is 165 Å². The lowest BCUT2D eigenvalue weighted by Gasteiger charge is -2.22. The van der Waals surface area contributed by atoms with Crippen molar-refractivity contribution in [3.05, 3.63) is 59.7 Å². The zero-order valence-electron chi connectivity index (χ0n) is 14.4. The van der Waals surface area contributed by atoms with E-state index in [0.29, 0.717) is 22.2 Å². The first-order chi connectivity index (χ1) is 13.3. The van der Waals surface area contributed by atoms with Crippen molar-refractivity contribution in [3.8, 4) is 0 Å². The van der Waals surface area contributed by atoms with Gasteiger partial charge in [-0.3, -0.25) is 4.79 Å². The number of esters is 1. The largest absolute Gasteiger partial charge is 0.444 e. The van der Waals surface area contributed by atoms with E-state index >= 15 is 0 Å². The first kappa shape index (κ1) is 18.5. The molecule has 1 amide bonds. The lowest BCUT2D eigenvalue weighted by molar-refractivity contribution is -0.127. The first-order valence-corrected chi connectivity index (χ1v) is 10.7. The molecule has 0 radical (unpaired) electrons. The van der Waals surface area contributed by atoms with Crippen LogP contribution in [0.5, 0.6) is 0 Å². The monoisotopic (exact) mass is 417 g/mol. The Morgan fingerprint density at radius 1 is 1.18 bits per heavy atom. The third-order valence-electron chi connectivity index (χ3n) is 4.29. The molecule has 0 spiro atoms. The van der Waals surface area contributed by atoms with Crippen molar-refractivity contribution in [2.45, 2.75) is 11.0 Å². The van der Waals surface area contributed by atoms with Crippen molar-refractivity contribution in [2.75, 3.05) is 17.2 Å². The maximum atomic E-state index is 12.6. The van der Waals surface area contributed by atoms with Gasteiger partial charge in [0.2, 0.25) is 6.10 Å². The number of amidine groups is 1. The molecule has 0 aliphatic carbocycles. The Morgan fingerprint density at radius 2 is 1.93 bits per heavy atom. The van der Waals surface area contributed by atoms with Crippen LogP contribution < -0.4 is 10.6 Å². The Hall–Kier alpha value is -2.85. The van der Waals surface area contributed by atoms with Crippen LogP contribution in [0, 0.1) is 0 Å². The Morgan fingerprint density at radius 3 is 2.64 bits per heavy atom. The Kier molecular flexibility index (Phi) is 4.60. The summed E-state index contributed by atoms with van der Waals surface area (Å²) in [6, 6.07) is 13.4. The van der Waals surface area contributed by atoms with E-state index in [-0.39, 0.29) is 11.3 Å². The number of carbonyl (C=O) groups excluding carboxylic acids is 2. The van der Waals surface area contributed by atoms with Crippen molar-refractivity contribution in [2.24, 2.45) is 10.1 Å². The molecule has 144 valence electrons. The molecule has 0 saturated heterocycles. The number of sulfonamides is 1. The lowest BCUT2D eigenvalue weighted by Crippen LogP contribution is -2.35. The van der Waals surface area contributed by atoms with E-state index in [2.05, 4.69) is 4.40 Å². The maximum absolute atomic E-state index is 12.6. The molecule has 2 heterocycles. The van der Waals surface area contributed by atoms with Gasteiger partial charge in [0.1, 0.15) is 0 Å². The molecule has 8 nitrogen and oxygen atoms in total. The van der Waals surface area contributed by atoms with Crippen molar-refractivity contribution < 1.29 is 22.7 Å². The van der Waals surface area contributed by atoms with Gasteiger partial charge in [-0.25, -0.2) is 13.2 Å². The number of hydrogen-bond acceptors (Lipinski definition) is 7. The summed E-state index contributed by atoms with van der Waals surface area (Å²) in [5.74, 6) is -1.53. The predicted octanol–water partition coefficient (Wildman–Crippen LogP) is 1.68. The fraction of sp³-hybridized carbons (Fsp3) is 0.167. The minimum Gasteiger partial charge on any atom is -0.444 e. The molecule has 2 N–H and O–H groups in total. The van der Waals surface area contributed by atoms with Crippen LogP contribution in [0.2, 0.25) is 0 Å². The molecule has 1 unspecified atom stereocenters. The zero-order valence-corrected chi connectivity index (χ0v) is 16.1. The number of carbonyl (C=O) groups is 2. The van der Waals surface area contributed by atoms with Gasteiger partial charge in [0.15, 0.2) is 5.17 Å². The van der Waals surface area contributed by atoms with Gasteiger partial charge >= 0.3 is 5.97 Å². The van der Waals surface area contributed by atoms with Crippen molar-refractivity contribution in [1.29, 1.82) is 0 Å². The van der Waals surface area contributed by atoms with Crippen LogP contribution >= 0.6 is 11.8 Å². The lowest BCUT2D eigenvalue weighted by atomic mass is 10.1. The van der Waals surface area contributed by atoms with Gasteiger partial charge in [-0.15, -0.1) is 4.40 Å². The Balaban J connectivity index is 1.59. The van der Waals surface area contributed by atoms with Gasteiger partial charge in [-0.05, 0) is 30.0 Å². The van der Waals surface area contributed by atoms with E-state index < -0.39 is 28.0 Å². The topological polar surface area (TPSA) is 119 Å². The van der Waals surface area contributed by atoms with Gasteiger partial charge in [0.25, 0.3) is 15.9 Å². The van der Waals surface area contributed by atoms with Crippen molar-refractivity contribution in [1.82, 2.24) is 0 Å². The third-order valence-corrected chi connectivity index (χ3v) is 6.60. The summed E-state index contributed by atoms with van der Waals surface area (Å²) in [5, 5.41) is 0.367. The molecule has 10 heteroatoms. The van der Waals surface area contributed by atoms with Gasteiger partial charge in [0, 0.05) is 17.0 Å². The second-order valence-corrected chi connectivity index (χ2v) is 8.96. The van der Waals surface area contributed by atoms with E-state index in [1.807, 2.05) is 0 Å². The number of hydrogen-bond donors (Lipinski definition) is 1. The highest BCUT2D eigenvalue weighted by atomic mass is 32.2. The number of thioether (sulfide) groups is 1. The molecule has 28 heavy (non-hydrogen) atoms. The standard InChI is InChI=1S/C18H15N3O5S2/c19-16(22)15(11-4-2-1-3-5-11)26-17(23)12-6-7-13-14(10-12)27-18-20-28(24,25)9-8-21(13)18/h1-7,10,15H,8-9H2,(H2,19,22). The van der Waals surface area contributed by atoms with Crippen molar-refractivity contribution >= 4 is 44.5 Å². The van der Waals surface area contributed by atoms with Crippen LogP contribution in [0.4, 0.5) is 5.69 Å². The van der Waals surface area contributed by atoms with Crippen molar-refractivity contribution in [3.63, 3.8) is 0 Å². The number of amides is 1. The molecule has 0 aromatic heterocycles. The second kappa shape index (κ2) is 6.95. The van der Waals surface area contributed by atoms with Crippen LogP contribution in [0.15, 0.2) is 57.8 Å². The maximum Gasteiger partial charge on any atom is 0.339 e. The normalized spacial score (nSPS) is 17.9. The average Bonchev–Trinajstić information content (AvgIpc) is 3.01. The summed E-state index contributed by atoms with van der Waals surface area (Å²) in [5.41, 5.74) is 6.89. The first-order valence-electron chi connectivity index (χ1n) is 8.31. The number of ether oxygens (including phenoxy) is 1. The highest BCUT2D eigenvalue weighted by Gasteiger charge is 2.34. The van der Waals surface area contributed by atoms with Crippen LogP contribution in [0.25, 0.3) is 0 Å². The number of fused-ring (bicyclic) bond motifs is 3. The summed E-state index contributed by atoms with van der Waals surface area (Å²) < 4.78 is 32.5.